The lowest BCUT2D eigenvalue weighted by Crippen LogP contribution is -2.29. The van der Waals surface area contributed by atoms with Gasteiger partial charge in [0.05, 0.1) is 39.4 Å². The van der Waals surface area contributed by atoms with Crippen LogP contribution >= 0.6 is 0 Å². The largest absolute Gasteiger partial charge is 0.347 e. The Morgan fingerprint density at radius 1 is 0.412 bits per heavy atom. The van der Waals surface area contributed by atoms with Crippen LogP contribution in [0.25, 0.3) is 16.7 Å². The second-order valence-corrected chi connectivity index (χ2v) is 13.4. The van der Waals surface area contributed by atoms with Crippen molar-refractivity contribution in [3.8, 4) is 0 Å². The predicted molar refractivity (Wildman–Crippen MR) is 209 cm³/mol. The molecule has 0 saturated heterocycles. The molecule has 0 aliphatic carbocycles. The average molecular weight is 659 g/mol. The fourth-order valence-corrected chi connectivity index (χ4v) is 8.02. The smallest absolute Gasteiger partial charge is 0.0737 e. The summed E-state index contributed by atoms with van der Waals surface area (Å²) in [4.78, 5) is 5.47. The highest BCUT2D eigenvalue weighted by Crippen LogP contribution is 2.39. The molecule has 2 aliphatic heterocycles. The van der Waals surface area contributed by atoms with Gasteiger partial charge in [0.25, 0.3) is 0 Å². The SMILES string of the molecule is Cn1c2ccc1C(c1ccccc1)c1ccc(n1C)/C(c1ccccc1)=c1/cc/c(n1C)=C(\c1ccccc1)C1=N/C(=C\2c2ccccc2)C=C1. The van der Waals surface area contributed by atoms with Crippen molar-refractivity contribution in [1.82, 2.24) is 13.7 Å². The topological polar surface area (TPSA) is 27.1 Å². The maximum atomic E-state index is 5.47. The molecular weight excluding hydrogens is 621 g/mol. The zero-order valence-electron chi connectivity index (χ0n) is 29.0. The molecule has 4 heteroatoms. The van der Waals surface area contributed by atoms with Crippen LogP contribution < -0.4 is 10.7 Å². The van der Waals surface area contributed by atoms with E-state index in [2.05, 4.69) is 205 Å². The first-order chi connectivity index (χ1) is 25.1. The molecule has 0 spiro atoms. The normalized spacial score (nSPS) is 19.0. The minimum Gasteiger partial charge on any atom is -0.347 e. The molecule has 0 N–H and O–H groups in total. The number of aromatic nitrogens is 3. The molecule has 246 valence electrons. The van der Waals surface area contributed by atoms with E-state index in [1.807, 2.05) is 0 Å². The van der Waals surface area contributed by atoms with E-state index in [9.17, 15) is 0 Å². The van der Waals surface area contributed by atoms with Gasteiger partial charge in [0, 0.05) is 49.3 Å². The molecule has 0 amide bonds. The standard InChI is InChI=1S/C47H38N4/c1-49-38-26-28-40(49)46(34-20-12-6-13-21-34)42-30-31-43(51(42)3)47(35-22-14-7-15-23-35)41-29-27-39(50(41)2)45(33-18-10-5-11-19-33)37-25-24-36(48-37)44(38)32-16-8-4-9-17-32/h4-31,46H,1-3H3/b44-36-,45-39-,47-41-. The predicted octanol–water partition coefficient (Wildman–Crippen LogP) is 8.11. The van der Waals surface area contributed by atoms with Gasteiger partial charge in [0.1, 0.15) is 0 Å². The van der Waals surface area contributed by atoms with Crippen molar-refractivity contribution >= 4 is 22.4 Å². The summed E-state index contributed by atoms with van der Waals surface area (Å²) in [5.74, 6) is -0.00387. The maximum Gasteiger partial charge on any atom is 0.0737 e. The number of allylic oxidation sites excluding steroid dienone is 2. The lowest BCUT2D eigenvalue weighted by molar-refractivity contribution is 0.727. The van der Waals surface area contributed by atoms with Gasteiger partial charge in [0.2, 0.25) is 0 Å². The highest BCUT2D eigenvalue weighted by atomic mass is 15.0. The fourth-order valence-electron chi connectivity index (χ4n) is 8.02. The van der Waals surface area contributed by atoms with Gasteiger partial charge in [-0.2, -0.15) is 0 Å². The molecule has 3 aromatic heterocycles. The first-order valence-corrected chi connectivity index (χ1v) is 17.5. The van der Waals surface area contributed by atoms with Gasteiger partial charge in [-0.05, 0) is 70.8 Å². The average Bonchev–Trinajstić information content (AvgIpc) is 3.97. The fraction of sp³-hybridized carbons (Fsp3) is 0.0851. The zero-order valence-corrected chi connectivity index (χ0v) is 29.0. The van der Waals surface area contributed by atoms with Crippen LogP contribution in [0.2, 0.25) is 0 Å². The molecular formula is C47H38N4. The second-order valence-electron chi connectivity index (χ2n) is 13.4. The second kappa shape index (κ2) is 12.5. The van der Waals surface area contributed by atoms with Crippen molar-refractivity contribution in [3.63, 3.8) is 0 Å². The van der Waals surface area contributed by atoms with Crippen LogP contribution in [0.5, 0.6) is 0 Å². The summed E-state index contributed by atoms with van der Waals surface area (Å²) >= 11 is 0. The third kappa shape index (κ3) is 5.11. The molecule has 0 saturated carbocycles. The summed E-state index contributed by atoms with van der Waals surface area (Å²) in [7, 11) is 6.61. The molecule has 7 aromatic rings. The Hall–Kier alpha value is -6.39. The lowest BCUT2D eigenvalue weighted by Gasteiger charge is -2.23. The first kappa shape index (κ1) is 30.7. The minimum atomic E-state index is -0.00387. The van der Waals surface area contributed by atoms with Crippen LogP contribution in [0, 0.1) is 0 Å². The van der Waals surface area contributed by atoms with E-state index < -0.39 is 0 Å². The monoisotopic (exact) mass is 658 g/mol. The number of hydrogen-bond acceptors (Lipinski definition) is 1. The molecule has 0 fully saturated rings. The van der Waals surface area contributed by atoms with E-state index in [4.69, 9.17) is 4.99 Å². The van der Waals surface area contributed by atoms with Crippen LogP contribution in [-0.2, 0) is 21.1 Å². The van der Waals surface area contributed by atoms with E-state index in [1.165, 1.54) is 28.1 Å². The molecule has 0 radical (unpaired) electrons. The Balaban J connectivity index is 1.46. The molecule has 5 heterocycles. The highest BCUT2D eigenvalue weighted by molar-refractivity contribution is 6.30. The quantitative estimate of drug-likeness (QED) is 0.183. The molecule has 51 heavy (non-hydrogen) atoms. The van der Waals surface area contributed by atoms with Gasteiger partial charge in [-0.15, -0.1) is 0 Å². The van der Waals surface area contributed by atoms with Gasteiger partial charge in [-0.3, -0.25) is 0 Å². The number of nitrogens with zero attached hydrogens (tertiary/aromatic N) is 4. The van der Waals surface area contributed by atoms with Crippen LogP contribution in [-0.4, -0.2) is 19.4 Å². The van der Waals surface area contributed by atoms with E-state index in [-0.39, 0.29) is 5.92 Å². The summed E-state index contributed by atoms with van der Waals surface area (Å²) in [5.41, 5.74) is 14.7. The number of fused-ring (bicyclic) bond motifs is 7. The van der Waals surface area contributed by atoms with E-state index in [0.29, 0.717) is 0 Å². The summed E-state index contributed by atoms with van der Waals surface area (Å²) in [6, 6.07) is 56.8. The van der Waals surface area contributed by atoms with Crippen molar-refractivity contribution in [2.24, 2.45) is 26.1 Å². The summed E-state index contributed by atoms with van der Waals surface area (Å²) in [5, 5.41) is 2.26. The minimum absolute atomic E-state index is 0.00387. The molecule has 4 nitrogen and oxygen atoms in total. The number of rotatable bonds is 4. The number of benzene rings is 4. The van der Waals surface area contributed by atoms with Crippen molar-refractivity contribution in [2.45, 2.75) is 5.92 Å². The van der Waals surface area contributed by atoms with Crippen LogP contribution in [0.4, 0.5) is 0 Å². The molecule has 1 atom stereocenters. The van der Waals surface area contributed by atoms with Crippen molar-refractivity contribution < 1.29 is 0 Å². The third-order valence-electron chi connectivity index (χ3n) is 10.5. The lowest BCUT2D eigenvalue weighted by atomic mass is 9.92. The van der Waals surface area contributed by atoms with Gasteiger partial charge in [0.15, 0.2) is 0 Å². The Morgan fingerprint density at radius 2 is 0.863 bits per heavy atom. The van der Waals surface area contributed by atoms with Crippen LogP contribution in [0.15, 0.2) is 181 Å². The van der Waals surface area contributed by atoms with Crippen molar-refractivity contribution in [2.75, 3.05) is 0 Å². The van der Waals surface area contributed by atoms with Crippen LogP contribution in [0.3, 0.4) is 0 Å². The summed E-state index contributed by atoms with van der Waals surface area (Å²) in [6.45, 7) is 0. The molecule has 8 bridgehead atoms. The van der Waals surface area contributed by atoms with Gasteiger partial charge in [-0.25, -0.2) is 4.99 Å². The maximum absolute atomic E-state index is 5.47. The van der Waals surface area contributed by atoms with Crippen molar-refractivity contribution in [3.05, 3.63) is 231 Å². The van der Waals surface area contributed by atoms with E-state index in [1.54, 1.807) is 0 Å². The Kier molecular flexibility index (Phi) is 7.51. The van der Waals surface area contributed by atoms with E-state index >= 15 is 0 Å². The van der Waals surface area contributed by atoms with Gasteiger partial charge in [-0.1, -0.05) is 121 Å². The molecule has 2 aliphatic rings. The van der Waals surface area contributed by atoms with Gasteiger partial charge < -0.3 is 13.7 Å². The molecule has 1 unspecified atom stereocenters. The Morgan fingerprint density at radius 3 is 1.41 bits per heavy atom. The zero-order chi connectivity index (χ0) is 34.5. The number of hydrogen-bond donors (Lipinski definition) is 0. The van der Waals surface area contributed by atoms with Crippen LogP contribution in [0.1, 0.15) is 50.9 Å². The van der Waals surface area contributed by atoms with E-state index in [0.717, 1.165) is 55.8 Å². The van der Waals surface area contributed by atoms with Crippen molar-refractivity contribution in [1.29, 1.82) is 0 Å². The summed E-state index contributed by atoms with van der Waals surface area (Å²) in [6.07, 6.45) is 4.38. The molecule has 4 aromatic carbocycles. The molecule has 9 rings (SSSR count). The summed E-state index contributed by atoms with van der Waals surface area (Å²) < 4.78 is 7.12. The Bertz CT molecular complexity index is 2630. The Labute approximate surface area is 298 Å². The van der Waals surface area contributed by atoms with Gasteiger partial charge >= 0.3 is 0 Å². The first-order valence-electron chi connectivity index (χ1n) is 17.5. The highest BCUT2D eigenvalue weighted by Gasteiger charge is 2.28. The third-order valence-corrected chi connectivity index (χ3v) is 10.5. The number of aliphatic imine (C=N–C) groups is 1.